The topological polar surface area (TPSA) is 125 Å². The highest BCUT2D eigenvalue weighted by atomic mass is 35.5. The van der Waals surface area contributed by atoms with E-state index in [1.54, 1.807) is 24.3 Å². The van der Waals surface area contributed by atoms with Crippen LogP contribution in [0.5, 0.6) is 5.75 Å². The lowest BCUT2D eigenvalue weighted by Crippen LogP contribution is -2.47. The smallest absolute Gasteiger partial charge is 0.333 e. The van der Waals surface area contributed by atoms with Crippen molar-refractivity contribution < 1.29 is 29.1 Å². The van der Waals surface area contributed by atoms with Crippen LogP contribution >= 0.6 is 11.6 Å². The molecule has 10 heteroatoms. The number of benzene rings is 3. The maximum Gasteiger partial charge on any atom is 0.333 e. The molecule has 1 amide bonds. The number of rotatable bonds is 10. The summed E-state index contributed by atoms with van der Waals surface area (Å²) in [5.74, 6) is -1.59. The summed E-state index contributed by atoms with van der Waals surface area (Å²) in [6, 6.07) is 23.5. The minimum Gasteiger partial charge on any atom is -0.496 e. The summed E-state index contributed by atoms with van der Waals surface area (Å²) in [5, 5.41) is 25.0. The Balaban J connectivity index is 1.50. The third-order valence-electron chi connectivity index (χ3n) is 5.54. The number of hydrogen-bond donors (Lipinski definition) is 3. The van der Waals surface area contributed by atoms with Crippen LogP contribution in [-0.4, -0.2) is 52.0 Å². The van der Waals surface area contributed by atoms with Crippen molar-refractivity contribution in [3.05, 3.63) is 95.2 Å². The third kappa shape index (κ3) is 6.53. The molecular weight excluding hydrogens is 498 g/mol. The number of para-hydroxylation sites is 1. The summed E-state index contributed by atoms with van der Waals surface area (Å²) >= 11 is 6.08. The van der Waals surface area contributed by atoms with Crippen LogP contribution in [0.4, 0.5) is 0 Å². The van der Waals surface area contributed by atoms with Crippen molar-refractivity contribution in [2.24, 2.45) is 0 Å². The van der Waals surface area contributed by atoms with E-state index in [-0.39, 0.29) is 18.8 Å². The van der Waals surface area contributed by atoms with Crippen LogP contribution in [0.25, 0.3) is 22.4 Å². The Morgan fingerprint density at radius 2 is 1.81 bits per heavy atom. The van der Waals surface area contributed by atoms with Crippen molar-refractivity contribution >= 4 is 23.5 Å². The fraction of sp³-hybridized carbons (Fsp3) is 0.148. The molecule has 0 radical (unpaired) electrons. The van der Waals surface area contributed by atoms with E-state index in [4.69, 9.17) is 20.9 Å². The Hall–Kier alpha value is -4.18. The highest BCUT2D eigenvalue weighted by Crippen LogP contribution is 2.29. The molecule has 9 nitrogen and oxygen atoms in total. The molecule has 0 aliphatic carbocycles. The first-order valence-electron chi connectivity index (χ1n) is 11.3. The maximum absolute atomic E-state index is 12.9. The summed E-state index contributed by atoms with van der Waals surface area (Å²) in [7, 11) is 1.53. The summed E-state index contributed by atoms with van der Waals surface area (Å²) in [5.41, 5.74) is 6.31. The number of carboxylic acid groups (broad SMARTS) is 1. The summed E-state index contributed by atoms with van der Waals surface area (Å²) in [6.45, 7) is -0.232. The van der Waals surface area contributed by atoms with Crippen LogP contribution in [-0.2, 0) is 11.3 Å². The monoisotopic (exact) mass is 521 g/mol. The van der Waals surface area contributed by atoms with E-state index in [9.17, 15) is 19.8 Å². The van der Waals surface area contributed by atoms with E-state index in [1.165, 1.54) is 18.2 Å². The number of hydrazine groups is 1. The van der Waals surface area contributed by atoms with E-state index in [1.807, 2.05) is 48.5 Å². The van der Waals surface area contributed by atoms with Gasteiger partial charge >= 0.3 is 11.9 Å². The number of carbonyl (C=O) groups is 2. The Morgan fingerprint density at radius 1 is 1.05 bits per heavy atom. The number of hydrogen-bond acceptors (Lipinski definition) is 7. The van der Waals surface area contributed by atoms with Crippen LogP contribution in [0.3, 0.4) is 0 Å². The van der Waals surface area contributed by atoms with Gasteiger partial charge < -0.3 is 19.5 Å². The van der Waals surface area contributed by atoms with E-state index >= 15 is 0 Å². The van der Waals surface area contributed by atoms with E-state index in [0.29, 0.717) is 22.0 Å². The fourth-order valence-corrected chi connectivity index (χ4v) is 3.88. The summed E-state index contributed by atoms with van der Waals surface area (Å²) in [6.07, 6.45) is -1.72. The molecule has 0 saturated heterocycles. The molecular formula is C27H24ClN3O6. The molecule has 0 aliphatic heterocycles. The molecule has 190 valence electrons. The van der Waals surface area contributed by atoms with E-state index in [2.05, 4.69) is 10.6 Å². The molecule has 0 saturated carbocycles. The van der Waals surface area contributed by atoms with Crippen LogP contribution in [0.2, 0.25) is 5.02 Å². The number of carboxylic acids is 1. The van der Waals surface area contributed by atoms with Gasteiger partial charge in [0.15, 0.2) is 6.10 Å². The molecule has 1 atom stereocenters. The Kier molecular flexibility index (Phi) is 8.19. The van der Waals surface area contributed by atoms with Crippen LogP contribution in [0, 0.1) is 0 Å². The quantitative estimate of drug-likeness (QED) is 0.264. The normalized spacial score (nSPS) is 11.8. The summed E-state index contributed by atoms with van der Waals surface area (Å²) < 4.78 is 10.6. The number of aromatic nitrogens is 1. The molecule has 0 unspecified atom stereocenters. The number of nitrogens with one attached hydrogen (secondary N) is 1. The highest BCUT2D eigenvalue weighted by molar-refractivity contribution is 6.30. The zero-order chi connectivity index (χ0) is 26.4. The maximum atomic E-state index is 12.9. The Bertz CT molecular complexity index is 1390. The van der Waals surface area contributed by atoms with Gasteiger partial charge in [-0.3, -0.25) is 10.2 Å². The Morgan fingerprint density at radius 3 is 2.51 bits per heavy atom. The van der Waals surface area contributed by atoms with Crippen molar-refractivity contribution in [2.75, 3.05) is 13.7 Å². The lowest BCUT2D eigenvalue weighted by atomic mass is 10.0. The van der Waals surface area contributed by atoms with Gasteiger partial charge in [-0.15, -0.1) is 0 Å². The van der Waals surface area contributed by atoms with Gasteiger partial charge in [-0.25, -0.2) is 9.80 Å². The predicted molar refractivity (Wildman–Crippen MR) is 137 cm³/mol. The van der Waals surface area contributed by atoms with Gasteiger partial charge in [0.2, 0.25) is 5.76 Å². The first-order chi connectivity index (χ1) is 17.8. The molecule has 37 heavy (non-hydrogen) atoms. The van der Waals surface area contributed by atoms with Crippen LogP contribution in [0.1, 0.15) is 16.1 Å². The molecule has 4 aromatic rings. The predicted octanol–water partition coefficient (Wildman–Crippen LogP) is 4.26. The van der Waals surface area contributed by atoms with Gasteiger partial charge in [0.25, 0.3) is 0 Å². The Labute approximate surface area is 217 Å². The molecule has 3 aromatic carbocycles. The van der Waals surface area contributed by atoms with Gasteiger partial charge in [-0.2, -0.15) is 0 Å². The second kappa shape index (κ2) is 11.7. The minimum atomic E-state index is -1.72. The molecule has 1 aromatic heterocycles. The number of halogens is 1. The second-order valence-corrected chi connectivity index (χ2v) is 8.60. The third-order valence-corrected chi connectivity index (χ3v) is 5.78. The lowest BCUT2D eigenvalue weighted by Gasteiger charge is -2.24. The second-order valence-electron chi connectivity index (χ2n) is 8.16. The minimum absolute atomic E-state index is 0.0907. The van der Waals surface area contributed by atoms with Crippen LogP contribution in [0.15, 0.2) is 83.4 Å². The highest BCUT2D eigenvalue weighted by Gasteiger charge is 2.23. The van der Waals surface area contributed by atoms with Gasteiger partial charge in [0, 0.05) is 23.2 Å². The van der Waals surface area contributed by atoms with Crippen molar-refractivity contribution in [3.63, 3.8) is 0 Å². The van der Waals surface area contributed by atoms with E-state index in [0.717, 1.165) is 16.7 Å². The number of amides is 1. The van der Waals surface area contributed by atoms with Crippen molar-refractivity contribution in [3.8, 4) is 28.1 Å². The molecule has 0 fully saturated rings. The lowest BCUT2D eigenvalue weighted by molar-refractivity contribution is -0.148. The average Bonchev–Trinajstić information content (AvgIpc) is 3.39. The number of carbonyl (C=O) groups excluding carboxylic acids is 1. The number of methoxy groups -OCH3 is 1. The molecule has 0 bridgehead atoms. The van der Waals surface area contributed by atoms with Gasteiger partial charge in [0.05, 0.1) is 13.7 Å². The van der Waals surface area contributed by atoms with Crippen molar-refractivity contribution in [1.82, 2.24) is 15.6 Å². The van der Waals surface area contributed by atoms with Gasteiger partial charge in [-0.05, 0) is 41.0 Å². The molecule has 3 N–H and O–H groups in total. The van der Waals surface area contributed by atoms with E-state index < -0.39 is 18.0 Å². The van der Waals surface area contributed by atoms with Gasteiger partial charge in [0.1, 0.15) is 11.4 Å². The van der Waals surface area contributed by atoms with Crippen molar-refractivity contribution in [1.29, 1.82) is 0 Å². The number of aliphatic hydroxyl groups excluding tert-OH is 1. The van der Waals surface area contributed by atoms with Crippen LogP contribution < -0.4 is 10.2 Å². The number of aliphatic hydroxyl groups is 1. The number of aliphatic carboxylic acids is 1. The SMILES string of the molecule is COc1ccccc1-c1cc(C(=O)NN(Cc2ccc(-c3cccc(Cl)c3)cc2)C[C@@H](O)C(=O)O)on1. The average molecular weight is 522 g/mol. The molecule has 4 rings (SSSR count). The fourth-order valence-electron chi connectivity index (χ4n) is 3.69. The standard InChI is InChI=1S/C27H24ClN3O6/c1-36-24-8-3-2-7-21(24)22-14-25(37-30-22)26(33)29-31(16-23(32)27(34)35)15-17-9-11-18(12-10-17)19-5-4-6-20(28)13-19/h2-14,23,32H,15-16H2,1H3,(H,29,33)(H,34,35)/t23-/m1/s1. The largest absolute Gasteiger partial charge is 0.496 e. The first kappa shape index (κ1) is 25.9. The molecule has 0 aliphatic rings. The zero-order valence-electron chi connectivity index (χ0n) is 19.8. The first-order valence-corrected chi connectivity index (χ1v) is 11.6. The van der Waals surface area contributed by atoms with Gasteiger partial charge in [-0.1, -0.05) is 65.3 Å². The summed E-state index contributed by atoms with van der Waals surface area (Å²) in [4.78, 5) is 24.2. The number of nitrogens with zero attached hydrogens (tertiary/aromatic N) is 2. The van der Waals surface area contributed by atoms with Crippen molar-refractivity contribution in [2.45, 2.75) is 12.6 Å². The molecule has 1 heterocycles. The zero-order valence-corrected chi connectivity index (χ0v) is 20.6. The molecule has 0 spiro atoms. The number of ether oxygens (including phenoxy) is 1.